The maximum atomic E-state index is 12.5. The molecule has 1 fully saturated rings. The van der Waals surface area contributed by atoms with E-state index in [1.165, 1.54) is 17.8 Å². The van der Waals surface area contributed by atoms with Crippen LogP contribution in [-0.2, 0) is 4.79 Å². The third-order valence-corrected chi connectivity index (χ3v) is 5.61. The molecule has 2 heterocycles. The minimum atomic E-state index is -2.39. The van der Waals surface area contributed by atoms with Crippen LogP contribution in [0.2, 0.25) is 0 Å². The van der Waals surface area contributed by atoms with Crippen LogP contribution >= 0.6 is 11.8 Å². The van der Waals surface area contributed by atoms with Crippen molar-refractivity contribution >= 4 is 29.2 Å². The number of hydrogen-bond acceptors (Lipinski definition) is 5. The predicted molar refractivity (Wildman–Crippen MR) is 122 cm³/mol. The van der Waals surface area contributed by atoms with E-state index in [2.05, 4.69) is 21.8 Å². The molecular formula is C22H30F2N4OS. The van der Waals surface area contributed by atoms with Gasteiger partial charge in [-0.05, 0) is 24.8 Å². The molecule has 0 spiro atoms. The van der Waals surface area contributed by atoms with Crippen molar-refractivity contribution in [3.05, 3.63) is 46.4 Å². The summed E-state index contributed by atoms with van der Waals surface area (Å²) in [6.45, 7) is 9.07. The quantitative estimate of drug-likeness (QED) is 0.505. The van der Waals surface area contributed by atoms with Gasteiger partial charge in [0.05, 0.1) is 18.3 Å². The maximum Gasteiger partial charge on any atom is 0.242 e. The van der Waals surface area contributed by atoms with Crippen molar-refractivity contribution in [2.75, 3.05) is 20.1 Å². The highest BCUT2D eigenvalue weighted by molar-refractivity contribution is 8.06. The second-order valence-electron chi connectivity index (χ2n) is 7.04. The van der Waals surface area contributed by atoms with Gasteiger partial charge in [0.2, 0.25) is 12.3 Å². The van der Waals surface area contributed by atoms with E-state index in [-0.39, 0.29) is 18.4 Å². The molecule has 0 saturated carbocycles. The summed E-state index contributed by atoms with van der Waals surface area (Å²) in [6, 6.07) is -0.0417. The molecule has 1 N–H and O–H groups in total. The number of aliphatic imine (C=N–C) groups is 2. The number of carbonyl (C=O) groups is 1. The highest BCUT2D eigenvalue weighted by atomic mass is 32.2. The first kappa shape index (κ1) is 24.1. The van der Waals surface area contributed by atoms with Crippen LogP contribution in [0, 0.1) is 0 Å². The van der Waals surface area contributed by atoms with E-state index >= 15 is 0 Å². The lowest BCUT2D eigenvalue weighted by Crippen LogP contribution is -2.39. The molecule has 0 aromatic carbocycles. The van der Waals surface area contributed by atoms with Gasteiger partial charge in [0.15, 0.2) is 0 Å². The van der Waals surface area contributed by atoms with Crippen molar-refractivity contribution in [3.8, 4) is 0 Å². The van der Waals surface area contributed by atoms with Crippen molar-refractivity contribution in [1.29, 1.82) is 0 Å². The number of nitrogens with zero attached hydrogens (tertiary/aromatic N) is 3. The molecule has 30 heavy (non-hydrogen) atoms. The van der Waals surface area contributed by atoms with Crippen LogP contribution in [0.15, 0.2) is 56.4 Å². The Bertz CT molecular complexity index is 799. The average Bonchev–Trinajstić information content (AvgIpc) is 3.12. The molecule has 164 valence electrons. The summed E-state index contributed by atoms with van der Waals surface area (Å²) >= 11 is 1.50. The smallest absolute Gasteiger partial charge is 0.242 e. The van der Waals surface area contributed by atoms with Crippen LogP contribution in [-0.4, -0.2) is 55.0 Å². The molecule has 5 nitrogen and oxygen atoms in total. The zero-order chi connectivity index (χ0) is 22.1. The number of allylic oxidation sites excluding steroid dienone is 3. The van der Waals surface area contributed by atoms with Gasteiger partial charge in [0.1, 0.15) is 5.84 Å². The molecule has 1 atom stereocenters. The van der Waals surface area contributed by atoms with Gasteiger partial charge in [0.25, 0.3) is 0 Å². The molecule has 0 aromatic heterocycles. The third-order valence-electron chi connectivity index (χ3n) is 4.74. The molecule has 1 unspecified atom stereocenters. The minimum Gasteiger partial charge on any atom is -0.351 e. The molecule has 0 radical (unpaired) electrons. The number of hydrogen-bond donors (Lipinski definition) is 1. The number of carbonyl (C=O) groups excluding carboxylic acids is 1. The molecule has 2 rings (SSSR count). The van der Waals surface area contributed by atoms with Crippen molar-refractivity contribution < 1.29 is 13.6 Å². The van der Waals surface area contributed by atoms with Gasteiger partial charge in [-0.3, -0.25) is 14.8 Å². The Kier molecular flexibility index (Phi) is 9.49. The van der Waals surface area contributed by atoms with E-state index in [1.54, 1.807) is 13.1 Å². The summed E-state index contributed by atoms with van der Waals surface area (Å²) in [7, 11) is 1.65. The van der Waals surface area contributed by atoms with Gasteiger partial charge < -0.3 is 10.2 Å². The predicted octanol–water partition coefficient (Wildman–Crippen LogP) is 4.71. The lowest BCUT2D eigenvalue weighted by atomic mass is 10.0. The first-order valence-corrected chi connectivity index (χ1v) is 11.0. The average molecular weight is 437 g/mol. The molecule has 0 aromatic rings. The summed E-state index contributed by atoms with van der Waals surface area (Å²) in [5.41, 5.74) is 2.57. The molecule has 0 bridgehead atoms. The summed E-state index contributed by atoms with van der Waals surface area (Å²) < 4.78 is 25.1. The number of nitrogens with one attached hydrogen (secondary N) is 1. The highest BCUT2D eigenvalue weighted by Crippen LogP contribution is 2.33. The molecule has 2 aliphatic rings. The highest BCUT2D eigenvalue weighted by Gasteiger charge is 2.36. The number of rotatable bonds is 10. The fraction of sp³-hybridized carbons (Fsp3) is 0.500. The van der Waals surface area contributed by atoms with Crippen LogP contribution in [0.1, 0.15) is 39.5 Å². The number of halogens is 2. The molecule has 2 aliphatic heterocycles. The summed E-state index contributed by atoms with van der Waals surface area (Å²) in [6.07, 6.45) is 4.25. The second kappa shape index (κ2) is 11.8. The van der Waals surface area contributed by atoms with Crippen molar-refractivity contribution in [1.82, 2.24) is 10.2 Å². The number of alkyl halides is 2. The molecule has 0 aliphatic carbocycles. The molecular weight excluding hydrogens is 406 g/mol. The Balaban J connectivity index is 2.31. The molecule has 8 heteroatoms. The van der Waals surface area contributed by atoms with E-state index in [0.29, 0.717) is 31.6 Å². The van der Waals surface area contributed by atoms with E-state index in [1.807, 2.05) is 25.3 Å². The normalized spacial score (nSPS) is 19.8. The Labute approximate surface area is 181 Å². The van der Waals surface area contributed by atoms with E-state index in [9.17, 15) is 13.6 Å². The van der Waals surface area contributed by atoms with Crippen molar-refractivity contribution in [2.24, 2.45) is 9.98 Å². The van der Waals surface area contributed by atoms with Crippen LogP contribution < -0.4 is 5.32 Å². The zero-order valence-corrected chi connectivity index (χ0v) is 18.6. The Hall–Kier alpha value is -2.22. The van der Waals surface area contributed by atoms with E-state index in [4.69, 9.17) is 4.99 Å². The molecule has 1 amide bonds. The van der Waals surface area contributed by atoms with Crippen LogP contribution in [0.4, 0.5) is 8.78 Å². The fourth-order valence-electron chi connectivity index (χ4n) is 3.46. The van der Waals surface area contributed by atoms with Crippen molar-refractivity contribution in [3.63, 3.8) is 0 Å². The van der Waals surface area contributed by atoms with Crippen LogP contribution in [0.3, 0.4) is 0 Å². The van der Waals surface area contributed by atoms with Crippen LogP contribution in [0.5, 0.6) is 0 Å². The van der Waals surface area contributed by atoms with Gasteiger partial charge in [-0.2, -0.15) is 0 Å². The summed E-state index contributed by atoms with van der Waals surface area (Å²) in [5.74, 6) is 0.822. The van der Waals surface area contributed by atoms with Gasteiger partial charge >= 0.3 is 0 Å². The Morgan fingerprint density at radius 3 is 2.90 bits per heavy atom. The number of amidine groups is 1. The number of fused-ring (bicyclic) bond motifs is 1. The van der Waals surface area contributed by atoms with E-state index in [0.717, 1.165) is 28.4 Å². The Morgan fingerprint density at radius 2 is 2.27 bits per heavy atom. The minimum absolute atomic E-state index is 0.0336. The van der Waals surface area contributed by atoms with Crippen molar-refractivity contribution in [2.45, 2.75) is 52.0 Å². The zero-order valence-electron chi connectivity index (χ0n) is 17.8. The molecule has 1 saturated heterocycles. The Morgan fingerprint density at radius 1 is 1.50 bits per heavy atom. The van der Waals surface area contributed by atoms with Gasteiger partial charge in [0, 0.05) is 49.0 Å². The second-order valence-corrected chi connectivity index (χ2v) is 8.04. The fourth-order valence-corrected chi connectivity index (χ4v) is 4.04. The SMILES string of the molecule is C=C(S/C=C\C)C1=NCC(C(/C=C\CC(F)F)=NC)=C2CC(NC(=O)CCC)CN12. The first-order valence-electron chi connectivity index (χ1n) is 10.1. The maximum absolute atomic E-state index is 12.5. The van der Waals surface area contributed by atoms with Gasteiger partial charge in [-0.1, -0.05) is 37.4 Å². The van der Waals surface area contributed by atoms with Gasteiger partial charge in [-0.15, -0.1) is 0 Å². The van der Waals surface area contributed by atoms with E-state index < -0.39 is 6.43 Å². The topological polar surface area (TPSA) is 57.1 Å². The number of amides is 1. The first-order chi connectivity index (χ1) is 14.4. The monoisotopic (exact) mass is 436 g/mol. The largest absolute Gasteiger partial charge is 0.351 e. The van der Waals surface area contributed by atoms with Gasteiger partial charge in [-0.25, -0.2) is 8.78 Å². The van der Waals surface area contributed by atoms with Crippen LogP contribution in [0.25, 0.3) is 0 Å². The lowest BCUT2D eigenvalue weighted by molar-refractivity contribution is -0.121. The standard InChI is InChI=1S/C22H30F2N4OS/c1-5-8-21(29)27-16-12-19-17(18(25-4)9-7-10-20(23)24)13-26-22(28(19)14-16)15(3)30-11-6-2/h6-7,9,11,16,20H,3,5,8,10,12-14H2,1-2,4H3,(H,27,29)/b9-7-,11-6-,25-18?. The summed E-state index contributed by atoms with van der Waals surface area (Å²) in [5, 5.41) is 5.05. The number of thioether (sulfide) groups is 1. The summed E-state index contributed by atoms with van der Waals surface area (Å²) in [4.78, 5) is 24.1. The third kappa shape index (κ3) is 6.39. The lowest BCUT2D eigenvalue weighted by Gasteiger charge is -2.29.